The summed E-state index contributed by atoms with van der Waals surface area (Å²) in [7, 11) is 3.49. The van der Waals surface area contributed by atoms with Gasteiger partial charge in [-0.2, -0.15) is 5.10 Å². The molecule has 1 rings (SSSR count). The summed E-state index contributed by atoms with van der Waals surface area (Å²) in [6.07, 6.45) is 0. The Morgan fingerprint density at radius 3 is 2.65 bits per heavy atom. The first-order valence-corrected chi connectivity index (χ1v) is 5.98. The average Bonchev–Trinajstić information content (AvgIpc) is 2.53. The molecule has 0 aliphatic rings. The van der Waals surface area contributed by atoms with Gasteiger partial charge in [-0.1, -0.05) is 11.6 Å². The second-order valence-electron chi connectivity index (χ2n) is 3.97. The van der Waals surface area contributed by atoms with Crippen LogP contribution in [0.15, 0.2) is 0 Å². The van der Waals surface area contributed by atoms with Crippen LogP contribution in [0.1, 0.15) is 11.3 Å². The van der Waals surface area contributed by atoms with E-state index in [1.807, 2.05) is 14.0 Å². The summed E-state index contributed by atoms with van der Waals surface area (Å²) in [5.41, 5.74) is 1.94. The van der Waals surface area contributed by atoms with Gasteiger partial charge in [0.15, 0.2) is 0 Å². The van der Waals surface area contributed by atoms with Gasteiger partial charge in [0.1, 0.15) is 5.15 Å². The molecule has 6 heteroatoms. The lowest BCUT2D eigenvalue weighted by Crippen LogP contribution is -2.30. The molecule has 1 aromatic rings. The summed E-state index contributed by atoms with van der Waals surface area (Å²) in [4.78, 5) is 2.10. The van der Waals surface area contributed by atoms with Crippen molar-refractivity contribution < 1.29 is 9.84 Å². The van der Waals surface area contributed by atoms with Gasteiger partial charge < -0.3 is 9.84 Å². The summed E-state index contributed by atoms with van der Waals surface area (Å²) in [5, 5.41) is 13.9. The SMILES string of the molecule is COCCN(CCO)Cc1c(C)nn(C)c1Cl. The maximum Gasteiger partial charge on any atom is 0.131 e. The number of halogens is 1. The smallest absolute Gasteiger partial charge is 0.131 e. The van der Waals surface area contributed by atoms with E-state index in [4.69, 9.17) is 21.4 Å². The average molecular weight is 262 g/mol. The van der Waals surface area contributed by atoms with Gasteiger partial charge in [0.2, 0.25) is 0 Å². The van der Waals surface area contributed by atoms with Gasteiger partial charge in [-0.05, 0) is 6.92 Å². The number of aromatic nitrogens is 2. The summed E-state index contributed by atoms with van der Waals surface area (Å²) in [6, 6.07) is 0. The second-order valence-corrected chi connectivity index (χ2v) is 4.33. The molecule has 0 saturated carbocycles. The van der Waals surface area contributed by atoms with Crippen molar-refractivity contribution in [2.45, 2.75) is 13.5 Å². The van der Waals surface area contributed by atoms with E-state index in [-0.39, 0.29) is 6.61 Å². The first kappa shape index (κ1) is 14.4. The number of nitrogens with zero attached hydrogens (tertiary/aromatic N) is 3. The van der Waals surface area contributed by atoms with Crippen LogP contribution in [-0.2, 0) is 18.3 Å². The molecule has 0 amide bonds. The Hall–Kier alpha value is -0.620. The van der Waals surface area contributed by atoms with E-state index in [2.05, 4.69) is 10.00 Å². The number of aliphatic hydroxyl groups is 1. The second kappa shape index (κ2) is 6.96. The Morgan fingerprint density at radius 1 is 1.47 bits per heavy atom. The summed E-state index contributed by atoms with van der Waals surface area (Å²) in [5.74, 6) is 0. The van der Waals surface area contributed by atoms with Gasteiger partial charge in [0, 0.05) is 39.4 Å². The number of hydrogen-bond donors (Lipinski definition) is 1. The van der Waals surface area contributed by atoms with Crippen molar-refractivity contribution in [1.29, 1.82) is 0 Å². The molecule has 0 aliphatic heterocycles. The Morgan fingerprint density at radius 2 is 2.18 bits per heavy atom. The Labute approximate surface area is 107 Å². The largest absolute Gasteiger partial charge is 0.395 e. The van der Waals surface area contributed by atoms with Gasteiger partial charge in [0.05, 0.1) is 18.9 Å². The molecule has 1 heterocycles. The number of ether oxygens (including phenoxy) is 1. The zero-order valence-corrected chi connectivity index (χ0v) is 11.4. The highest BCUT2D eigenvalue weighted by molar-refractivity contribution is 6.30. The van der Waals surface area contributed by atoms with Gasteiger partial charge >= 0.3 is 0 Å². The van der Waals surface area contributed by atoms with Crippen molar-refractivity contribution in [2.24, 2.45) is 7.05 Å². The lowest BCUT2D eigenvalue weighted by Gasteiger charge is -2.20. The lowest BCUT2D eigenvalue weighted by molar-refractivity contribution is 0.126. The minimum atomic E-state index is 0.126. The van der Waals surface area contributed by atoms with Crippen LogP contribution in [0.2, 0.25) is 5.15 Å². The first-order chi connectivity index (χ1) is 8.10. The third-order valence-corrected chi connectivity index (χ3v) is 3.15. The molecule has 0 fully saturated rings. The van der Waals surface area contributed by atoms with Crippen molar-refractivity contribution in [3.05, 3.63) is 16.4 Å². The Kier molecular flexibility index (Phi) is 5.91. The van der Waals surface area contributed by atoms with E-state index < -0.39 is 0 Å². The molecule has 0 spiro atoms. The molecular formula is C11H20ClN3O2. The van der Waals surface area contributed by atoms with Gasteiger partial charge in [-0.25, -0.2) is 0 Å². The van der Waals surface area contributed by atoms with Crippen LogP contribution >= 0.6 is 11.6 Å². The maximum atomic E-state index is 9.02. The zero-order chi connectivity index (χ0) is 12.8. The monoisotopic (exact) mass is 261 g/mol. The predicted molar refractivity (Wildman–Crippen MR) is 67.2 cm³/mol. The molecule has 0 radical (unpaired) electrons. The van der Waals surface area contributed by atoms with Gasteiger partial charge in [0.25, 0.3) is 0 Å². The van der Waals surface area contributed by atoms with E-state index in [0.29, 0.717) is 24.8 Å². The highest BCUT2D eigenvalue weighted by Crippen LogP contribution is 2.20. The standard InChI is InChI=1S/C11H20ClN3O2/c1-9-10(11(12)14(2)13-9)8-15(4-6-16)5-7-17-3/h16H,4-8H2,1-3H3. The predicted octanol–water partition coefficient (Wildman–Crippen LogP) is 0.823. The molecule has 0 saturated heterocycles. The van der Waals surface area contributed by atoms with Crippen LogP contribution in [-0.4, -0.2) is 53.2 Å². The molecule has 1 N–H and O–H groups in total. The third-order valence-electron chi connectivity index (χ3n) is 2.68. The third kappa shape index (κ3) is 3.96. The molecule has 0 bridgehead atoms. The van der Waals surface area contributed by atoms with Crippen molar-refractivity contribution in [1.82, 2.24) is 14.7 Å². The number of hydrogen-bond acceptors (Lipinski definition) is 4. The van der Waals surface area contributed by atoms with Gasteiger partial charge in [-0.15, -0.1) is 0 Å². The van der Waals surface area contributed by atoms with Crippen LogP contribution in [0.25, 0.3) is 0 Å². The lowest BCUT2D eigenvalue weighted by atomic mass is 10.2. The topological polar surface area (TPSA) is 50.5 Å². The molecule has 0 atom stereocenters. The maximum absolute atomic E-state index is 9.02. The number of aryl methyl sites for hydroxylation is 2. The number of aliphatic hydroxyl groups excluding tert-OH is 1. The highest BCUT2D eigenvalue weighted by atomic mass is 35.5. The fourth-order valence-electron chi connectivity index (χ4n) is 1.71. The molecule has 0 aliphatic carbocycles. The first-order valence-electron chi connectivity index (χ1n) is 5.60. The Bertz CT molecular complexity index is 355. The molecule has 1 aromatic heterocycles. The van der Waals surface area contributed by atoms with Crippen molar-refractivity contribution in [3.8, 4) is 0 Å². The van der Waals surface area contributed by atoms with E-state index >= 15 is 0 Å². The van der Waals surface area contributed by atoms with E-state index in [9.17, 15) is 0 Å². The molecule has 5 nitrogen and oxygen atoms in total. The number of methoxy groups -OCH3 is 1. The van der Waals surface area contributed by atoms with E-state index in [1.54, 1.807) is 11.8 Å². The van der Waals surface area contributed by atoms with Crippen LogP contribution in [0.3, 0.4) is 0 Å². The molecule has 0 unspecified atom stereocenters. The fourth-order valence-corrected chi connectivity index (χ4v) is 1.94. The minimum Gasteiger partial charge on any atom is -0.395 e. The minimum absolute atomic E-state index is 0.126. The molecule has 98 valence electrons. The summed E-state index contributed by atoms with van der Waals surface area (Å²) >= 11 is 6.17. The molecule has 17 heavy (non-hydrogen) atoms. The van der Waals surface area contributed by atoms with Crippen molar-refractivity contribution in [2.75, 3.05) is 33.4 Å². The summed E-state index contributed by atoms with van der Waals surface area (Å²) < 4.78 is 6.71. The molecular weight excluding hydrogens is 242 g/mol. The van der Waals surface area contributed by atoms with Gasteiger partial charge in [-0.3, -0.25) is 9.58 Å². The van der Waals surface area contributed by atoms with Crippen LogP contribution < -0.4 is 0 Å². The van der Waals surface area contributed by atoms with Crippen molar-refractivity contribution in [3.63, 3.8) is 0 Å². The zero-order valence-electron chi connectivity index (χ0n) is 10.6. The van der Waals surface area contributed by atoms with Crippen molar-refractivity contribution >= 4 is 11.6 Å². The Balaban J connectivity index is 2.70. The normalized spacial score (nSPS) is 11.4. The van der Waals surface area contributed by atoms with Crippen LogP contribution in [0, 0.1) is 6.92 Å². The fraction of sp³-hybridized carbons (Fsp3) is 0.727. The van der Waals surface area contributed by atoms with Crippen LogP contribution in [0.4, 0.5) is 0 Å². The quantitative estimate of drug-likeness (QED) is 0.790. The van der Waals surface area contributed by atoms with E-state index in [1.165, 1.54) is 0 Å². The number of rotatable bonds is 7. The van der Waals surface area contributed by atoms with E-state index in [0.717, 1.165) is 17.8 Å². The molecule has 0 aromatic carbocycles. The summed E-state index contributed by atoms with van der Waals surface area (Å²) in [6.45, 7) is 4.75. The van der Waals surface area contributed by atoms with Crippen LogP contribution in [0.5, 0.6) is 0 Å². The highest BCUT2D eigenvalue weighted by Gasteiger charge is 2.14.